The molecule has 1 heterocycles. The predicted molar refractivity (Wildman–Crippen MR) is 110 cm³/mol. The highest BCUT2D eigenvalue weighted by molar-refractivity contribution is 7.89. The number of amides is 1. The van der Waals surface area contributed by atoms with Crippen molar-refractivity contribution in [1.29, 1.82) is 0 Å². The van der Waals surface area contributed by atoms with Crippen LogP contribution < -0.4 is 4.74 Å². The molecule has 1 unspecified atom stereocenters. The zero-order chi connectivity index (χ0) is 22.3. The van der Waals surface area contributed by atoms with E-state index in [9.17, 15) is 18.0 Å². The van der Waals surface area contributed by atoms with Gasteiger partial charge in [-0.15, -0.1) is 0 Å². The van der Waals surface area contributed by atoms with Crippen LogP contribution in [0.3, 0.4) is 0 Å². The van der Waals surface area contributed by atoms with E-state index in [1.807, 2.05) is 6.92 Å². The molecular weight excluding hydrogens is 412 g/mol. The minimum atomic E-state index is -3.78. The van der Waals surface area contributed by atoms with Crippen molar-refractivity contribution in [2.45, 2.75) is 25.2 Å². The maximum absolute atomic E-state index is 13.1. The third-order valence-electron chi connectivity index (χ3n) is 5.00. The molecule has 168 valence electrons. The van der Waals surface area contributed by atoms with Crippen molar-refractivity contribution in [3.63, 3.8) is 0 Å². The van der Waals surface area contributed by atoms with Crippen LogP contribution in [0.4, 0.5) is 0 Å². The van der Waals surface area contributed by atoms with E-state index >= 15 is 0 Å². The summed E-state index contributed by atoms with van der Waals surface area (Å²) in [6.07, 6.45) is 0.0113. The van der Waals surface area contributed by atoms with Crippen LogP contribution in [0, 0.1) is 5.92 Å². The first-order chi connectivity index (χ1) is 14.2. The average molecular weight is 443 g/mol. The number of benzene rings is 1. The third-order valence-corrected chi connectivity index (χ3v) is 6.92. The van der Waals surface area contributed by atoms with Crippen LogP contribution in [0.1, 0.15) is 19.4 Å². The Labute approximate surface area is 177 Å². The van der Waals surface area contributed by atoms with Gasteiger partial charge in [0, 0.05) is 26.2 Å². The molecule has 0 N–H and O–H groups in total. The molecule has 0 bridgehead atoms. The SMILES string of the molecule is CCN(CC(C)C(=O)OC)C(=O)Cc1ccc(OC)c(S(=O)(=O)N2CCOCC2)c1. The van der Waals surface area contributed by atoms with Crippen molar-refractivity contribution in [3.8, 4) is 5.75 Å². The summed E-state index contributed by atoms with van der Waals surface area (Å²) in [5.74, 6) is -0.811. The minimum Gasteiger partial charge on any atom is -0.495 e. The van der Waals surface area contributed by atoms with E-state index in [0.29, 0.717) is 25.3 Å². The number of esters is 1. The lowest BCUT2D eigenvalue weighted by atomic mass is 10.1. The van der Waals surface area contributed by atoms with Gasteiger partial charge in [-0.3, -0.25) is 9.59 Å². The predicted octanol–water partition coefficient (Wildman–Crippen LogP) is 0.916. The minimum absolute atomic E-state index is 0.0113. The number of methoxy groups -OCH3 is 2. The molecule has 10 heteroatoms. The molecule has 0 radical (unpaired) electrons. The van der Waals surface area contributed by atoms with Gasteiger partial charge in [0.25, 0.3) is 0 Å². The zero-order valence-electron chi connectivity index (χ0n) is 17.9. The lowest BCUT2D eigenvalue weighted by molar-refractivity contribution is -0.146. The Hall–Kier alpha value is -2.17. The monoisotopic (exact) mass is 442 g/mol. The molecule has 0 aliphatic carbocycles. The summed E-state index contributed by atoms with van der Waals surface area (Å²) in [5.41, 5.74) is 0.553. The van der Waals surface area contributed by atoms with Gasteiger partial charge in [-0.25, -0.2) is 8.42 Å². The second-order valence-corrected chi connectivity index (χ2v) is 8.94. The molecule has 1 aromatic carbocycles. The fraction of sp³-hybridized carbons (Fsp3) is 0.600. The summed E-state index contributed by atoms with van der Waals surface area (Å²) in [7, 11) is -1.06. The summed E-state index contributed by atoms with van der Waals surface area (Å²) in [6.45, 7) is 5.39. The van der Waals surface area contributed by atoms with Crippen LogP contribution in [-0.4, -0.2) is 83.1 Å². The number of carbonyl (C=O) groups is 2. The fourth-order valence-electron chi connectivity index (χ4n) is 3.26. The molecule has 1 aromatic rings. The van der Waals surface area contributed by atoms with Crippen LogP contribution in [0.15, 0.2) is 23.1 Å². The number of ether oxygens (including phenoxy) is 3. The van der Waals surface area contributed by atoms with Crippen molar-refractivity contribution in [2.24, 2.45) is 5.92 Å². The van der Waals surface area contributed by atoms with Gasteiger partial charge in [0.2, 0.25) is 15.9 Å². The van der Waals surface area contributed by atoms with Gasteiger partial charge < -0.3 is 19.1 Å². The molecule has 1 atom stereocenters. The Morgan fingerprint density at radius 2 is 1.90 bits per heavy atom. The van der Waals surface area contributed by atoms with Gasteiger partial charge in [0.15, 0.2) is 0 Å². The number of hydrogen-bond acceptors (Lipinski definition) is 7. The van der Waals surface area contributed by atoms with Crippen molar-refractivity contribution in [3.05, 3.63) is 23.8 Å². The largest absolute Gasteiger partial charge is 0.495 e. The standard InChI is InChI=1S/C20H30N2O7S/c1-5-21(14-15(2)20(24)28-4)19(23)13-16-6-7-17(27-3)18(12-16)30(25,26)22-8-10-29-11-9-22/h6-7,12,15H,5,8-11,13-14H2,1-4H3. The molecule has 0 saturated carbocycles. The molecule has 1 saturated heterocycles. The van der Waals surface area contributed by atoms with Gasteiger partial charge in [-0.05, 0) is 24.6 Å². The summed E-state index contributed by atoms with van der Waals surface area (Å²) in [5, 5.41) is 0. The van der Waals surface area contributed by atoms with Crippen LogP contribution in [0.5, 0.6) is 5.75 Å². The van der Waals surface area contributed by atoms with E-state index in [1.165, 1.54) is 24.6 Å². The first-order valence-electron chi connectivity index (χ1n) is 9.85. The first-order valence-corrected chi connectivity index (χ1v) is 11.3. The molecular formula is C20H30N2O7S. The van der Waals surface area contributed by atoms with Crippen molar-refractivity contribution >= 4 is 21.9 Å². The van der Waals surface area contributed by atoms with E-state index in [0.717, 1.165) is 0 Å². The normalized spacial score (nSPS) is 16.0. The Balaban J connectivity index is 2.23. The van der Waals surface area contributed by atoms with Crippen molar-refractivity contribution in [1.82, 2.24) is 9.21 Å². The van der Waals surface area contributed by atoms with Crippen molar-refractivity contribution in [2.75, 3.05) is 53.6 Å². The Morgan fingerprint density at radius 1 is 1.23 bits per heavy atom. The Morgan fingerprint density at radius 3 is 2.47 bits per heavy atom. The first kappa shape index (κ1) is 24.1. The van der Waals surface area contributed by atoms with Gasteiger partial charge in [0.05, 0.1) is 39.8 Å². The number of sulfonamides is 1. The number of likely N-dealkylation sites (N-methyl/N-ethyl adjacent to an activating group) is 1. The van der Waals surface area contributed by atoms with E-state index < -0.39 is 15.9 Å². The molecule has 30 heavy (non-hydrogen) atoms. The number of nitrogens with zero attached hydrogens (tertiary/aromatic N) is 2. The molecule has 0 spiro atoms. The molecule has 1 aliphatic heterocycles. The van der Waals surface area contributed by atoms with Gasteiger partial charge in [-0.1, -0.05) is 13.0 Å². The summed E-state index contributed by atoms with van der Waals surface area (Å²) in [4.78, 5) is 26.0. The Kier molecular flexibility index (Phi) is 8.63. The molecule has 2 rings (SSSR count). The van der Waals surface area contributed by atoms with Gasteiger partial charge in [-0.2, -0.15) is 4.31 Å². The molecule has 1 amide bonds. The highest BCUT2D eigenvalue weighted by atomic mass is 32.2. The smallest absolute Gasteiger partial charge is 0.310 e. The lowest BCUT2D eigenvalue weighted by Crippen LogP contribution is -2.40. The van der Waals surface area contributed by atoms with Gasteiger partial charge >= 0.3 is 5.97 Å². The summed E-state index contributed by atoms with van der Waals surface area (Å²) >= 11 is 0. The van der Waals surface area contributed by atoms with Crippen LogP contribution in [0.2, 0.25) is 0 Å². The van der Waals surface area contributed by atoms with Crippen LogP contribution >= 0.6 is 0 Å². The summed E-state index contributed by atoms with van der Waals surface area (Å²) < 4.78 is 42.8. The van der Waals surface area contributed by atoms with E-state index in [2.05, 4.69) is 0 Å². The lowest BCUT2D eigenvalue weighted by Gasteiger charge is -2.27. The number of rotatable bonds is 9. The highest BCUT2D eigenvalue weighted by Gasteiger charge is 2.30. The topological polar surface area (TPSA) is 102 Å². The van der Waals surface area contributed by atoms with E-state index in [4.69, 9.17) is 14.2 Å². The highest BCUT2D eigenvalue weighted by Crippen LogP contribution is 2.28. The number of morpholine rings is 1. The van der Waals surface area contributed by atoms with Crippen LogP contribution in [-0.2, 0) is 35.5 Å². The maximum atomic E-state index is 13.1. The second-order valence-electron chi connectivity index (χ2n) is 7.04. The molecule has 9 nitrogen and oxygen atoms in total. The van der Waals surface area contributed by atoms with Gasteiger partial charge in [0.1, 0.15) is 10.6 Å². The maximum Gasteiger partial charge on any atom is 0.310 e. The number of carbonyl (C=O) groups excluding carboxylic acids is 2. The quantitative estimate of drug-likeness (QED) is 0.524. The van der Waals surface area contributed by atoms with E-state index in [1.54, 1.807) is 24.0 Å². The second kappa shape index (κ2) is 10.7. The zero-order valence-corrected chi connectivity index (χ0v) is 18.7. The van der Waals surface area contributed by atoms with Crippen molar-refractivity contribution < 1.29 is 32.2 Å². The molecule has 0 aromatic heterocycles. The summed E-state index contributed by atoms with van der Waals surface area (Å²) in [6, 6.07) is 4.72. The van der Waals surface area contributed by atoms with E-state index in [-0.39, 0.29) is 48.6 Å². The molecule has 1 aliphatic rings. The average Bonchev–Trinajstić information content (AvgIpc) is 2.77. The van der Waals surface area contributed by atoms with Crippen LogP contribution in [0.25, 0.3) is 0 Å². The number of hydrogen-bond donors (Lipinski definition) is 0. The fourth-order valence-corrected chi connectivity index (χ4v) is 4.87. The molecule has 1 fully saturated rings. The third kappa shape index (κ3) is 5.71. The Bertz CT molecular complexity index is 851.